The highest BCUT2D eigenvalue weighted by atomic mass is 32.2. The number of carbonyl (C=O) groups excluding carboxylic acids is 1. The van der Waals surface area contributed by atoms with E-state index in [1.807, 2.05) is 24.8 Å². The van der Waals surface area contributed by atoms with Gasteiger partial charge >= 0.3 is 0 Å². The first-order valence-corrected chi connectivity index (χ1v) is 11.9. The maximum atomic E-state index is 14.0. The molecule has 1 amide bonds. The average molecular weight is 412 g/mol. The first kappa shape index (κ1) is 21.0. The zero-order valence-corrected chi connectivity index (χ0v) is 17.5. The summed E-state index contributed by atoms with van der Waals surface area (Å²) in [5, 5.41) is 0. The Labute approximate surface area is 167 Å². The predicted molar refractivity (Wildman–Crippen MR) is 109 cm³/mol. The van der Waals surface area contributed by atoms with Crippen LogP contribution in [0.5, 0.6) is 0 Å². The maximum Gasteiger partial charge on any atom is 0.237 e. The molecule has 1 aromatic carbocycles. The van der Waals surface area contributed by atoms with Crippen molar-refractivity contribution in [2.75, 3.05) is 49.1 Å². The molecule has 2 heterocycles. The topological polar surface area (TPSA) is 60.9 Å². The normalized spacial score (nSPS) is 23.5. The third-order valence-electron chi connectivity index (χ3n) is 5.88. The second-order valence-electron chi connectivity index (χ2n) is 7.83. The van der Waals surface area contributed by atoms with Crippen LogP contribution >= 0.6 is 0 Å². The highest BCUT2D eigenvalue weighted by Gasteiger charge is 2.37. The van der Waals surface area contributed by atoms with E-state index in [0.717, 1.165) is 6.42 Å². The molecule has 2 aliphatic heterocycles. The molecule has 2 saturated heterocycles. The number of nitrogens with zero attached hydrogens (tertiary/aromatic N) is 3. The summed E-state index contributed by atoms with van der Waals surface area (Å²) in [4.78, 5) is 18.9. The van der Waals surface area contributed by atoms with Crippen molar-refractivity contribution in [3.05, 3.63) is 30.1 Å². The van der Waals surface area contributed by atoms with E-state index in [1.54, 1.807) is 17.0 Å². The molecule has 0 saturated carbocycles. The summed E-state index contributed by atoms with van der Waals surface area (Å²) in [7, 11) is -3.04. The Morgan fingerprint density at radius 3 is 2.50 bits per heavy atom. The molecule has 0 radical (unpaired) electrons. The molecule has 0 unspecified atom stereocenters. The number of anilines is 1. The van der Waals surface area contributed by atoms with Crippen LogP contribution in [0.2, 0.25) is 0 Å². The van der Waals surface area contributed by atoms with Crippen LogP contribution in [-0.2, 0) is 14.6 Å². The Balaban J connectivity index is 1.59. The summed E-state index contributed by atoms with van der Waals surface area (Å²) in [6.07, 6.45) is 1.32. The van der Waals surface area contributed by atoms with Gasteiger partial charge in [-0.1, -0.05) is 19.1 Å². The summed E-state index contributed by atoms with van der Waals surface area (Å²) in [5.41, 5.74) is 0.603. The lowest BCUT2D eigenvalue weighted by atomic mass is 10.1. The van der Waals surface area contributed by atoms with Crippen molar-refractivity contribution in [3.8, 4) is 0 Å². The van der Waals surface area contributed by atoms with Crippen LogP contribution in [0.3, 0.4) is 0 Å². The number of amides is 1. The first-order chi connectivity index (χ1) is 13.3. The van der Waals surface area contributed by atoms with Crippen molar-refractivity contribution >= 4 is 21.4 Å². The van der Waals surface area contributed by atoms with Crippen LogP contribution in [0, 0.1) is 5.82 Å². The summed E-state index contributed by atoms with van der Waals surface area (Å²) >= 11 is 0. The van der Waals surface area contributed by atoms with Gasteiger partial charge in [-0.2, -0.15) is 0 Å². The largest absolute Gasteiger partial charge is 0.367 e. The Hall–Kier alpha value is -1.67. The molecular formula is C20H30FN3O3S. The van der Waals surface area contributed by atoms with E-state index in [0.29, 0.717) is 38.3 Å². The standard InChI is InChI=1S/C20H30FN3O3S/c1-3-16(2)24(17-8-13-28(26,27)15-17)20(25)14-22-9-11-23(12-10-22)19-7-5-4-6-18(19)21/h4-7,16-17H,3,8-15H2,1-2H3/t16-,17-/m0/s1. The van der Waals surface area contributed by atoms with Crippen LogP contribution in [0.1, 0.15) is 26.7 Å². The number of benzene rings is 1. The van der Waals surface area contributed by atoms with Crippen LogP contribution < -0.4 is 4.90 Å². The monoisotopic (exact) mass is 411 g/mol. The molecule has 156 valence electrons. The second kappa shape index (κ2) is 8.78. The molecule has 3 rings (SSSR count). The molecule has 28 heavy (non-hydrogen) atoms. The number of hydrogen-bond acceptors (Lipinski definition) is 5. The van der Waals surface area contributed by atoms with Gasteiger partial charge in [0, 0.05) is 38.3 Å². The fourth-order valence-electron chi connectivity index (χ4n) is 4.13. The van der Waals surface area contributed by atoms with Crippen LogP contribution in [0.4, 0.5) is 10.1 Å². The molecule has 2 atom stereocenters. The van der Waals surface area contributed by atoms with Gasteiger partial charge in [0.05, 0.1) is 23.7 Å². The molecule has 0 aliphatic carbocycles. The van der Waals surface area contributed by atoms with Gasteiger partial charge in [0.2, 0.25) is 5.91 Å². The van der Waals surface area contributed by atoms with E-state index in [9.17, 15) is 17.6 Å². The molecule has 2 aliphatic rings. The van der Waals surface area contributed by atoms with Crippen molar-refractivity contribution in [3.63, 3.8) is 0 Å². The van der Waals surface area contributed by atoms with Crippen molar-refractivity contribution < 1.29 is 17.6 Å². The van der Waals surface area contributed by atoms with Gasteiger partial charge in [0.15, 0.2) is 9.84 Å². The van der Waals surface area contributed by atoms with Gasteiger partial charge in [-0.3, -0.25) is 9.69 Å². The number of halogens is 1. The number of carbonyl (C=O) groups is 1. The van der Waals surface area contributed by atoms with Crippen LogP contribution in [0.15, 0.2) is 24.3 Å². The summed E-state index contributed by atoms with van der Waals surface area (Å²) in [6, 6.07) is 6.55. The molecule has 0 spiro atoms. The number of hydrogen-bond donors (Lipinski definition) is 0. The van der Waals surface area contributed by atoms with Gasteiger partial charge in [0.25, 0.3) is 0 Å². The predicted octanol–water partition coefficient (Wildman–Crippen LogP) is 1.76. The Morgan fingerprint density at radius 1 is 1.25 bits per heavy atom. The van der Waals surface area contributed by atoms with E-state index in [1.165, 1.54) is 6.07 Å². The number of sulfone groups is 1. The van der Waals surface area contributed by atoms with E-state index in [2.05, 4.69) is 4.90 Å². The quantitative estimate of drug-likeness (QED) is 0.714. The van der Waals surface area contributed by atoms with Crippen LogP contribution in [-0.4, -0.2) is 80.4 Å². The summed E-state index contributed by atoms with van der Waals surface area (Å²) in [6.45, 7) is 6.96. The number of para-hydroxylation sites is 1. The zero-order chi connectivity index (χ0) is 20.3. The summed E-state index contributed by atoms with van der Waals surface area (Å²) in [5.74, 6) is 0.0109. The minimum atomic E-state index is -3.04. The van der Waals surface area contributed by atoms with Gasteiger partial charge in [-0.25, -0.2) is 12.8 Å². The number of piperazine rings is 1. The molecule has 0 N–H and O–H groups in total. The highest BCUT2D eigenvalue weighted by Crippen LogP contribution is 2.23. The molecule has 0 bridgehead atoms. The lowest BCUT2D eigenvalue weighted by molar-refractivity contribution is -0.136. The Bertz CT molecular complexity index is 794. The third kappa shape index (κ3) is 4.84. The van der Waals surface area contributed by atoms with E-state index in [-0.39, 0.29) is 41.9 Å². The second-order valence-corrected chi connectivity index (χ2v) is 10.1. The molecule has 1 aromatic rings. The highest BCUT2D eigenvalue weighted by molar-refractivity contribution is 7.91. The van der Waals surface area contributed by atoms with Crippen molar-refractivity contribution in [2.24, 2.45) is 0 Å². The summed E-state index contributed by atoms with van der Waals surface area (Å²) < 4.78 is 37.8. The Morgan fingerprint density at radius 2 is 1.93 bits per heavy atom. The average Bonchev–Trinajstić information content (AvgIpc) is 3.02. The molecule has 0 aromatic heterocycles. The van der Waals surface area contributed by atoms with E-state index in [4.69, 9.17) is 0 Å². The smallest absolute Gasteiger partial charge is 0.237 e. The maximum absolute atomic E-state index is 14.0. The fourth-order valence-corrected chi connectivity index (χ4v) is 5.84. The van der Waals surface area contributed by atoms with Crippen LogP contribution in [0.25, 0.3) is 0 Å². The fraction of sp³-hybridized carbons (Fsp3) is 0.650. The van der Waals surface area contributed by atoms with Crippen molar-refractivity contribution in [1.29, 1.82) is 0 Å². The van der Waals surface area contributed by atoms with Gasteiger partial charge in [-0.15, -0.1) is 0 Å². The minimum Gasteiger partial charge on any atom is -0.367 e. The van der Waals surface area contributed by atoms with Gasteiger partial charge < -0.3 is 9.80 Å². The van der Waals surface area contributed by atoms with E-state index >= 15 is 0 Å². The molecule has 6 nitrogen and oxygen atoms in total. The van der Waals surface area contributed by atoms with Crippen molar-refractivity contribution in [1.82, 2.24) is 9.80 Å². The third-order valence-corrected chi connectivity index (χ3v) is 7.63. The molecule has 2 fully saturated rings. The minimum absolute atomic E-state index is 0.00390. The van der Waals surface area contributed by atoms with E-state index < -0.39 is 9.84 Å². The van der Waals surface area contributed by atoms with Gasteiger partial charge in [0.1, 0.15) is 5.82 Å². The first-order valence-electron chi connectivity index (χ1n) is 10.0. The Kier molecular flexibility index (Phi) is 6.60. The molecular weight excluding hydrogens is 381 g/mol. The SMILES string of the molecule is CC[C@H](C)N(C(=O)CN1CCN(c2ccccc2F)CC1)[C@H]1CCS(=O)(=O)C1. The van der Waals surface area contributed by atoms with Gasteiger partial charge in [-0.05, 0) is 31.9 Å². The lowest BCUT2D eigenvalue weighted by Gasteiger charge is -2.39. The number of rotatable bonds is 6. The lowest BCUT2D eigenvalue weighted by Crippen LogP contribution is -2.54. The van der Waals surface area contributed by atoms with Crippen molar-refractivity contribution in [2.45, 2.75) is 38.8 Å². The molecule has 8 heteroatoms. The zero-order valence-electron chi connectivity index (χ0n) is 16.7.